The van der Waals surface area contributed by atoms with Crippen LogP contribution in [-0.4, -0.2) is 40.3 Å². The Labute approximate surface area is 177 Å². The maximum Gasteiger partial charge on any atom is 0.270 e. The van der Waals surface area contributed by atoms with Crippen molar-refractivity contribution in [2.24, 2.45) is 7.05 Å². The highest BCUT2D eigenvalue weighted by molar-refractivity contribution is 5.92. The van der Waals surface area contributed by atoms with Crippen LogP contribution in [0.3, 0.4) is 0 Å². The van der Waals surface area contributed by atoms with Gasteiger partial charge >= 0.3 is 0 Å². The molecule has 0 bridgehead atoms. The smallest absolute Gasteiger partial charge is 0.270 e. The van der Waals surface area contributed by atoms with E-state index in [1.54, 1.807) is 6.07 Å². The van der Waals surface area contributed by atoms with E-state index in [0.717, 1.165) is 42.4 Å². The Hall–Kier alpha value is -3.19. The largest absolute Gasteiger partial charge is 0.353 e. The van der Waals surface area contributed by atoms with Crippen LogP contribution in [0.4, 0.5) is 5.82 Å². The number of amides is 1. The number of nitrogens with one attached hydrogen (secondary N) is 2. The van der Waals surface area contributed by atoms with Crippen molar-refractivity contribution < 1.29 is 4.79 Å². The Morgan fingerprint density at radius 3 is 2.70 bits per heavy atom. The van der Waals surface area contributed by atoms with Gasteiger partial charge in [-0.05, 0) is 31.5 Å². The molecular weight excluding hydrogens is 376 g/mol. The third-order valence-electron chi connectivity index (χ3n) is 5.75. The second-order valence-electron chi connectivity index (χ2n) is 7.70. The highest BCUT2D eigenvalue weighted by Crippen LogP contribution is 2.21. The number of benzene rings is 1. The summed E-state index contributed by atoms with van der Waals surface area (Å²) in [5.74, 6) is 0.660. The van der Waals surface area contributed by atoms with Gasteiger partial charge in [-0.15, -0.1) is 0 Å². The average Bonchev–Trinajstić information content (AvgIpc) is 3.03. The summed E-state index contributed by atoms with van der Waals surface area (Å²) in [6, 6.07) is 16.3. The van der Waals surface area contributed by atoms with Crippen molar-refractivity contribution in [3.63, 3.8) is 0 Å². The van der Waals surface area contributed by atoms with Gasteiger partial charge in [0.15, 0.2) is 0 Å². The number of aromatic nitrogens is 3. The minimum Gasteiger partial charge on any atom is -0.353 e. The van der Waals surface area contributed by atoms with Gasteiger partial charge in [0, 0.05) is 50.5 Å². The molecule has 1 aromatic carbocycles. The molecule has 0 radical (unpaired) electrons. The molecule has 0 spiro atoms. The monoisotopic (exact) mass is 404 g/mol. The van der Waals surface area contributed by atoms with Crippen molar-refractivity contribution >= 4 is 11.7 Å². The SMILES string of the molecule is Cc1nn(C)c(C)c1CNC(=O)c1cccc(N2CCNC(c3ccccc3)C2)n1. The van der Waals surface area contributed by atoms with Crippen LogP contribution in [-0.2, 0) is 13.6 Å². The van der Waals surface area contributed by atoms with E-state index in [-0.39, 0.29) is 11.9 Å². The fourth-order valence-electron chi connectivity index (χ4n) is 3.93. The van der Waals surface area contributed by atoms with Gasteiger partial charge in [0.2, 0.25) is 0 Å². The summed E-state index contributed by atoms with van der Waals surface area (Å²) >= 11 is 0. The van der Waals surface area contributed by atoms with Crippen LogP contribution in [0, 0.1) is 13.8 Å². The average molecular weight is 405 g/mol. The molecule has 3 heterocycles. The van der Waals surface area contributed by atoms with Gasteiger partial charge in [0.25, 0.3) is 5.91 Å². The molecule has 1 atom stereocenters. The van der Waals surface area contributed by atoms with E-state index >= 15 is 0 Å². The highest BCUT2D eigenvalue weighted by Gasteiger charge is 2.22. The molecule has 2 N–H and O–H groups in total. The summed E-state index contributed by atoms with van der Waals surface area (Å²) in [7, 11) is 1.91. The highest BCUT2D eigenvalue weighted by atomic mass is 16.1. The Kier molecular flexibility index (Phi) is 5.81. The first-order chi connectivity index (χ1) is 14.5. The number of carbonyl (C=O) groups excluding carboxylic acids is 1. The predicted molar refractivity (Wildman–Crippen MR) is 117 cm³/mol. The lowest BCUT2D eigenvalue weighted by atomic mass is 10.0. The van der Waals surface area contributed by atoms with Gasteiger partial charge in [0.05, 0.1) is 5.69 Å². The van der Waals surface area contributed by atoms with Crippen LogP contribution in [0.1, 0.15) is 39.0 Å². The van der Waals surface area contributed by atoms with E-state index in [1.165, 1.54) is 5.56 Å². The number of anilines is 1. The molecule has 156 valence electrons. The molecule has 7 heteroatoms. The Morgan fingerprint density at radius 1 is 1.17 bits per heavy atom. The molecule has 30 heavy (non-hydrogen) atoms. The number of aryl methyl sites for hydroxylation is 2. The first-order valence-electron chi connectivity index (χ1n) is 10.3. The fourth-order valence-corrected chi connectivity index (χ4v) is 3.93. The Morgan fingerprint density at radius 2 is 1.97 bits per heavy atom. The van der Waals surface area contributed by atoms with Crippen molar-refractivity contribution in [3.8, 4) is 0 Å². The van der Waals surface area contributed by atoms with Gasteiger partial charge in [-0.25, -0.2) is 4.98 Å². The van der Waals surface area contributed by atoms with Gasteiger partial charge in [-0.3, -0.25) is 9.48 Å². The number of rotatable bonds is 5. The van der Waals surface area contributed by atoms with Crippen LogP contribution in [0.25, 0.3) is 0 Å². The zero-order valence-electron chi connectivity index (χ0n) is 17.7. The number of pyridine rings is 1. The molecule has 7 nitrogen and oxygen atoms in total. The molecule has 1 unspecified atom stereocenters. The zero-order chi connectivity index (χ0) is 21.1. The summed E-state index contributed by atoms with van der Waals surface area (Å²) in [5.41, 5.74) is 4.74. The molecule has 1 aliphatic heterocycles. The lowest BCUT2D eigenvalue weighted by molar-refractivity contribution is 0.0946. The summed E-state index contributed by atoms with van der Waals surface area (Å²) in [5, 5.41) is 11.0. The second-order valence-corrected chi connectivity index (χ2v) is 7.70. The second kappa shape index (κ2) is 8.67. The fraction of sp³-hybridized carbons (Fsp3) is 0.348. The minimum atomic E-state index is -0.172. The van der Waals surface area contributed by atoms with Crippen LogP contribution in [0.5, 0.6) is 0 Å². The predicted octanol–water partition coefficient (Wildman–Crippen LogP) is 2.51. The van der Waals surface area contributed by atoms with Crippen molar-refractivity contribution in [3.05, 3.63) is 76.7 Å². The van der Waals surface area contributed by atoms with Gasteiger partial charge in [0.1, 0.15) is 11.5 Å². The number of piperazine rings is 1. The molecule has 1 fully saturated rings. The van der Waals surface area contributed by atoms with E-state index in [0.29, 0.717) is 12.2 Å². The van der Waals surface area contributed by atoms with E-state index in [9.17, 15) is 4.79 Å². The third-order valence-corrected chi connectivity index (χ3v) is 5.75. The maximum absolute atomic E-state index is 12.7. The van der Waals surface area contributed by atoms with Gasteiger partial charge in [-0.2, -0.15) is 5.10 Å². The molecule has 0 saturated carbocycles. The number of hydrogen-bond acceptors (Lipinski definition) is 5. The summed E-state index contributed by atoms with van der Waals surface area (Å²) < 4.78 is 1.84. The van der Waals surface area contributed by atoms with E-state index < -0.39 is 0 Å². The van der Waals surface area contributed by atoms with Crippen LogP contribution >= 0.6 is 0 Å². The lowest BCUT2D eigenvalue weighted by Gasteiger charge is -2.35. The molecular formula is C23H28N6O. The number of nitrogens with zero attached hydrogens (tertiary/aromatic N) is 4. The topological polar surface area (TPSA) is 75.1 Å². The van der Waals surface area contributed by atoms with E-state index in [4.69, 9.17) is 0 Å². The number of carbonyl (C=O) groups is 1. The van der Waals surface area contributed by atoms with E-state index in [1.807, 2.05) is 43.8 Å². The molecule has 4 rings (SSSR count). The number of hydrogen-bond donors (Lipinski definition) is 2. The first kappa shape index (κ1) is 20.1. The molecule has 0 aliphatic carbocycles. The molecule has 1 saturated heterocycles. The quantitative estimate of drug-likeness (QED) is 0.684. The van der Waals surface area contributed by atoms with Crippen molar-refractivity contribution in [2.45, 2.75) is 26.4 Å². The third kappa shape index (κ3) is 4.21. The normalized spacial score (nSPS) is 16.5. The Bertz CT molecular complexity index is 1030. The molecule has 1 amide bonds. The van der Waals surface area contributed by atoms with Crippen LogP contribution < -0.4 is 15.5 Å². The summed E-state index contributed by atoms with van der Waals surface area (Å²) in [6.07, 6.45) is 0. The summed E-state index contributed by atoms with van der Waals surface area (Å²) in [4.78, 5) is 19.6. The van der Waals surface area contributed by atoms with Crippen molar-refractivity contribution in [1.29, 1.82) is 0 Å². The van der Waals surface area contributed by atoms with Gasteiger partial charge < -0.3 is 15.5 Å². The standard InChI is InChI=1S/C23H28N6O/c1-16-19(17(2)28(3)27-16)14-25-23(30)20-10-7-11-22(26-20)29-13-12-24-21(15-29)18-8-5-4-6-9-18/h4-11,21,24H,12-15H2,1-3H3,(H,25,30). The van der Waals surface area contributed by atoms with Crippen molar-refractivity contribution in [2.75, 3.05) is 24.5 Å². The lowest BCUT2D eigenvalue weighted by Crippen LogP contribution is -2.46. The van der Waals surface area contributed by atoms with Crippen molar-refractivity contribution in [1.82, 2.24) is 25.4 Å². The first-order valence-corrected chi connectivity index (χ1v) is 10.3. The van der Waals surface area contributed by atoms with Gasteiger partial charge in [-0.1, -0.05) is 36.4 Å². The Balaban J connectivity index is 1.45. The zero-order valence-corrected chi connectivity index (χ0v) is 17.7. The van der Waals surface area contributed by atoms with Crippen LogP contribution in [0.15, 0.2) is 48.5 Å². The molecule has 1 aliphatic rings. The molecule has 3 aromatic rings. The molecule has 2 aromatic heterocycles. The summed E-state index contributed by atoms with van der Waals surface area (Å²) in [6.45, 7) is 6.96. The van der Waals surface area contributed by atoms with E-state index in [2.05, 4.69) is 49.9 Å². The maximum atomic E-state index is 12.7. The minimum absolute atomic E-state index is 0.172. The van der Waals surface area contributed by atoms with Crippen LogP contribution in [0.2, 0.25) is 0 Å².